The van der Waals surface area contributed by atoms with Crippen LogP contribution in [0.4, 0.5) is 4.79 Å². The molecule has 2 heterocycles. The summed E-state index contributed by atoms with van der Waals surface area (Å²) in [5.74, 6) is 0. The van der Waals surface area contributed by atoms with Gasteiger partial charge in [0.05, 0.1) is 7.41 Å². The van der Waals surface area contributed by atoms with E-state index in [-0.39, 0.29) is 25.7 Å². The lowest BCUT2D eigenvalue weighted by Crippen LogP contribution is -2.28. The summed E-state index contributed by atoms with van der Waals surface area (Å²) >= 11 is 0. The number of hydrogen-bond donors (Lipinski definition) is 2. The van der Waals surface area contributed by atoms with E-state index in [4.69, 9.17) is 17.2 Å². The van der Waals surface area contributed by atoms with E-state index in [9.17, 15) is 4.79 Å². The van der Waals surface area contributed by atoms with Crippen LogP contribution in [0.25, 0.3) is 10.9 Å². The molecule has 0 aliphatic carbocycles. The number of alkyl carbamates (subject to hydrolysis) is 1. The summed E-state index contributed by atoms with van der Waals surface area (Å²) in [7, 11) is 0. The number of aromatic amines is 1. The molecule has 3 rings (SSSR count). The van der Waals surface area contributed by atoms with Gasteiger partial charge in [0.2, 0.25) is 0 Å². The Kier molecular flexibility index (Phi) is 1.88. The van der Waals surface area contributed by atoms with Crippen molar-refractivity contribution >= 4 is 17.0 Å². The van der Waals surface area contributed by atoms with Gasteiger partial charge in [-0.3, -0.25) is 0 Å². The first-order valence-corrected chi connectivity index (χ1v) is 6.65. The number of benzene rings is 1. The Morgan fingerprint density at radius 2 is 2.48 bits per heavy atom. The Bertz CT molecular complexity index is 940. The fraction of sp³-hybridized carbons (Fsp3) is 0.438. The molecular formula is C16H21N3O2. The lowest BCUT2D eigenvalue weighted by atomic mass is 10.0. The van der Waals surface area contributed by atoms with E-state index in [0.717, 1.165) is 15.9 Å². The van der Waals surface area contributed by atoms with Gasteiger partial charge in [-0.1, -0.05) is 6.07 Å². The van der Waals surface area contributed by atoms with Crippen molar-refractivity contribution in [2.75, 3.05) is 27.1 Å². The normalized spacial score (nSPS) is 26.1. The van der Waals surface area contributed by atoms with Crippen molar-refractivity contribution in [3.63, 3.8) is 0 Å². The Hall–Kier alpha value is -2.01. The van der Waals surface area contributed by atoms with Crippen molar-refractivity contribution < 1.29 is 22.0 Å². The maximum absolute atomic E-state index is 11.4. The number of ether oxygens (including phenoxy) is 1. The molecule has 2 N–H and O–H groups in total. The van der Waals surface area contributed by atoms with Gasteiger partial charge in [0.1, 0.15) is 6.61 Å². The molecule has 1 saturated heterocycles. The summed E-state index contributed by atoms with van der Waals surface area (Å²) in [5.41, 5.74) is 1.54. The zero-order valence-corrected chi connectivity index (χ0v) is 11.3. The van der Waals surface area contributed by atoms with Crippen LogP contribution in [-0.4, -0.2) is 49.1 Å². The van der Waals surface area contributed by atoms with Crippen LogP contribution in [0.3, 0.4) is 0 Å². The molecule has 0 saturated carbocycles. The van der Waals surface area contributed by atoms with E-state index in [1.54, 1.807) is 18.2 Å². The molecule has 1 aromatic heterocycles. The number of hydrogen-bond acceptors (Lipinski definition) is 3. The summed E-state index contributed by atoms with van der Waals surface area (Å²) < 4.78 is 73.7. The van der Waals surface area contributed by atoms with Crippen molar-refractivity contribution in [1.82, 2.24) is 15.2 Å². The summed E-state index contributed by atoms with van der Waals surface area (Å²) in [6.07, 6.45) is -0.587. The molecule has 1 amide bonds. The molecule has 0 bridgehead atoms. The maximum Gasteiger partial charge on any atom is 0.407 e. The average molecular weight is 296 g/mol. The van der Waals surface area contributed by atoms with Gasteiger partial charge in [-0.05, 0) is 50.1 Å². The molecule has 1 atom stereocenters. The highest BCUT2D eigenvalue weighted by molar-refractivity contribution is 5.84. The number of rotatable bonds is 5. The largest absolute Gasteiger partial charge is 0.447 e. The molecule has 5 nitrogen and oxygen atoms in total. The molecule has 5 heteroatoms. The van der Waals surface area contributed by atoms with Crippen LogP contribution in [-0.2, 0) is 17.6 Å². The lowest BCUT2D eigenvalue weighted by molar-refractivity contribution is 0.177. The molecule has 1 aromatic carbocycles. The molecule has 1 fully saturated rings. The fourth-order valence-electron chi connectivity index (χ4n) is 2.42. The van der Waals surface area contributed by atoms with Crippen LogP contribution in [0.2, 0.25) is 2.82 Å². The number of fused-ring (bicyclic) bond motifs is 1. The predicted octanol–water partition coefficient (Wildman–Crippen LogP) is 1.92. The Morgan fingerprint density at radius 3 is 3.24 bits per heavy atom. The number of amides is 1. The molecular weight excluding hydrogens is 266 g/mol. The van der Waals surface area contributed by atoms with Crippen LogP contribution in [0.15, 0.2) is 24.4 Å². The van der Waals surface area contributed by atoms with Crippen molar-refractivity contribution in [3.8, 4) is 0 Å². The number of aromatic nitrogens is 1. The van der Waals surface area contributed by atoms with Crippen LogP contribution in [0, 0.1) is 0 Å². The van der Waals surface area contributed by atoms with Crippen molar-refractivity contribution in [2.45, 2.75) is 18.9 Å². The van der Waals surface area contributed by atoms with Crippen LogP contribution < -0.4 is 5.31 Å². The zero-order chi connectivity index (χ0) is 22.4. The molecule has 21 heavy (non-hydrogen) atoms. The van der Waals surface area contributed by atoms with Gasteiger partial charge < -0.3 is 19.9 Å². The smallest absolute Gasteiger partial charge is 0.407 e. The molecule has 112 valence electrons. The van der Waals surface area contributed by atoms with Gasteiger partial charge in [0.15, 0.2) is 2.82 Å². The first kappa shape index (κ1) is 6.83. The molecule has 2 aromatic rings. The topological polar surface area (TPSA) is 57.4 Å². The number of likely N-dealkylation sites (N-methyl/N-ethyl adjacent to an activating group) is 1. The van der Waals surface area contributed by atoms with E-state index in [2.05, 4.69) is 0 Å². The highest BCUT2D eigenvalue weighted by atomic mass is 16.6. The highest BCUT2D eigenvalue weighted by Gasteiger charge is 2.22. The quantitative estimate of drug-likeness (QED) is 0.886. The zero-order valence-electron chi connectivity index (χ0n) is 20.3. The van der Waals surface area contributed by atoms with E-state index in [0.29, 0.717) is 27.8 Å². The third-order valence-electron chi connectivity index (χ3n) is 3.44. The minimum atomic E-state index is -2.83. The van der Waals surface area contributed by atoms with Gasteiger partial charge in [0.25, 0.3) is 0 Å². The summed E-state index contributed by atoms with van der Waals surface area (Å²) in [4.78, 5) is 12.7. The summed E-state index contributed by atoms with van der Waals surface area (Å²) in [6.45, 7) is -5.91. The van der Waals surface area contributed by atoms with E-state index < -0.39 is 26.1 Å². The number of carbonyl (C=O) groups excluding carboxylic acids is 1. The van der Waals surface area contributed by atoms with E-state index in [1.807, 2.05) is 0 Å². The van der Waals surface area contributed by atoms with Crippen LogP contribution >= 0.6 is 0 Å². The molecule has 0 radical (unpaired) electrons. The Labute approximate surface area is 137 Å². The lowest BCUT2D eigenvalue weighted by Gasteiger charge is -2.09. The number of H-pyrrole nitrogens is 1. The monoisotopic (exact) mass is 296 g/mol. The van der Waals surface area contributed by atoms with Crippen LogP contribution in [0.1, 0.15) is 20.7 Å². The molecule has 1 aliphatic heterocycles. The van der Waals surface area contributed by atoms with Crippen LogP contribution in [0.5, 0.6) is 0 Å². The summed E-state index contributed by atoms with van der Waals surface area (Å²) in [5, 5.41) is 1.30. The molecule has 0 unspecified atom stereocenters. The van der Waals surface area contributed by atoms with Gasteiger partial charge in [-0.2, -0.15) is 0 Å². The fourth-order valence-corrected chi connectivity index (χ4v) is 2.42. The third kappa shape index (κ3) is 3.19. The SMILES string of the molecule is [2H]c1c(CCN(C([2H])([2H])[2H])C([2H])([2H])[2H])c2cc(C[C@H]3COC(=O)N3[2H])ccc2n1[2H]. The predicted molar refractivity (Wildman–Crippen MR) is 82.5 cm³/mol. The van der Waals surface area contributed by atoms with Gasteiger partial charge in [-0.15, -0.1) is 0 Å². The first-order chi connectivity index (χ1) is 13.8. The molecule has 1 aliphatic rings. The minimum absolute atomic E-state index is 0.0446. The van der Waals surface area contributed by atoms with Crippen molar-refractivity contribution in [3.05, 3.63) is 35.5 Å². The minimum Gasteiger partial charge on any atom is -0.447 e. The standard InChI is InChI=1S/C16H21N3O2/c1-19(2)6-5-12-9-17-15-4-3-11(8-14(12)15)7-13-10-21-16(20)18-13/h3-4,8-9,13,17H,5-7,10H2,1-2H3,(H,18,20)/t13-/m0/s1/i1D3,2D3,9D/hD2. The second-order valence-electron chi connectivity index (χ2n) is 5.02. The van der Waals surface area contributed by atoms with E-state index >= 15 is 0 Å². The highest BCUT2D eigenvalue weighted by Crippen LogP contribution is 2.21. The Balaban J connectivity index is 1.90. The summed E-state index contributed by atoms with van der Waals surface area (Å²) in [6, 6.07) is 4.62. The Morgan fingerprint density at radius 1 is 1.57 bits per heavy atom. The van der Waals surface area contributed by atoms with Gasteiger partial charge in [-0.25, -0.2) is 4.79 Å². The number of cyclic esters (lactones) is 1. The second-order valence-corrected chi connectivity index (χ2v) is 5.02. The molecule has 0 spiro atoms. The van der Waals surface area contributed by atoms with Gasteiger partial charge in [0, 0.05) is 31.8 Å². The van der Waals surface area contributed by atoms with Crippen molar-refractivity contribution in [1.29, 1.82) is 0 Å². The number of carbonyl (C=O) groups is 1. The number of nitrogens with one attached hydrogen (secondary N) is 2. The van der Waals surface area contributed by atoms with Gasteiger partial charge >= 0.3 is 6.09 Å². The maximum atomic E-state index is 11.4. The average Bonchev–Trinajstić information content (AvgIpc) is 3.05. The second kappa shape index (κ2) is 5.77. The first-order valence-electron chi connectivity index (χ1n) is 11.0. The third-order valence-corrected chi connectivity index (χ3v) is 3.44. The van der Waals surface area contributed by atoms with Crippen molar-refractivity contribution in [2.24, 2.45) is 0 Å². The van der Waals surface area contributed by atoms with E-state index in [1.165, 1.54) is 0 Å². The number of nitrogens with zero attached hydrogens (tertiary/aromatic N) is 1.